The molecule has 0 spiro atoms. The van der Waals surface area contributed by atoms with Gasteiger partial charge in [0.25, 0.3) is 5.91 Å². The molecule has 0 N–H and O–H groups in total. The zero-order valence-electron chi connectivity index (χ0n) is 14.2. The first-order valence-electron chi connectivity index (χ1n) is 8.65. The largest absolute Gasteiger partial charge is 0.470 e. The van der Waals surface area contributed by atoms with Gasteiger partial charge in [-0.05, 0) is 38.0 Å². The smallest absolute Gasteiger partial charge is 0.255 e. The van der Waals surface area contributed by atoms with Crippen LogP contribution in [0, 0.1) is 6.92 Å². The van der Waals surface area contributed by atoms with E-state index >= 15 is 0 Å². The molecule has 2 aromatic heterocycles. The van der Waals surface area contributed by atoms with Gasteiger partial charge in [-0.25, -0.2) is 4.98 Å². The molecular weight excluding hydrogens is 318 g/mol. The highest BCUT2D eigenvalue weighted by atomic mass is 16.5. The van der Waals surface area contributed by atoms with Gasteiger partial charge in [-0.3, -0.25) is 9.78 Å². The average molecular weight is 339 g/mol. The van der Waals surface area contributed by atoms with Crippen molar-refractivity contribution < 1.29 is 14.3 Å². The van der Waals surface area contributed by atoms with Crippen molar-refractivity contribution in [3.05, 3.63) is 54.0 Å². The maximum absolute atomic E-state index is 13.0. The van der Waals surface area contributed by atoms with Gasteiger partial charge in [-0.1, -0.05) is 6.07 Å². The van der Waals surface area contributed by atoms with Gasteiger partial charge in [0.1, 0.15) is 12.2 Å². The van der Waals surface area contributed by atoms with Gasteiger partial charge >= 0.3 is 0 Å². The molecule has 6 nitrogen and oxygen atoms in total. The second kappa shape index (κ2) is 6.80. The summed E-state index contributed by atoms with van der Waals surface area (Å²) in [6.07, 6.45) is 4.90. The van der Waals surface area contributed by atoms with Gasteiger partial charge in [0.2, 0.25) is 5.88 Å². The van der Waals surface area contributed by atoms with Crippen molar-refractivity contribution in [2.75, 3.05) is 13.2 Å². The van der Waals surface area contributed by atoms with Crippen molar-refractivity contribution >= 4 is 5.91 Å². The lowest BCUT2D eigenvalue weighted by Gasteiger charge is -2.32. The van der Waals surface area contributed by atoms with Crippen LogP contribution in [0.1, 0.15) is 28.9 Å². The van der Waals surface area contributed by atoms with Crippen molar-refractivity contribution in [2.24, 2.45) is 0 Å². The standard InChI is InChI=1S/C19H21N3O3/c1-13-7-8-14(11-21-13)19(23)22-12-16(18-15(22)5-4-10-24-18)25-17-6-2-3-9-20-17/h2-3,6-9,11,15-16,18H,4-5,10,12H2,1H3/t15-,16+,18+/m1/s1. The summed E-state index contributed by atoms with van der Waals surface area (Å²) in [5.74, 6) is 0.548. The Morgan fingerprint density at radius 1 is 1.28 bits per heavy atom. The number of carbonyl (C=O) groups excluding carboxylic acids is 1. The molecule has 2 aliphatic heterocycles. The SMILES string of the molecule is Cc1ccc(C(=O)N2C[C@H](Oc3ccccn3)[C@H]3OCCC[C@H]32)cn1. The number of aromatic nitrogens is 2. The van der Waals surface area contributed by atoms with Crippen LogP contribution in [0.15, 0.2) is 42.7 Å². The first-order chi connectivity index (χ1) is 12.2. The molecule has 4 heterocycles. The quantitative estimate of drug-likeness (QED) is 0.858. The topological polar surface area (TPSA) is 64.6 Å². The lowest BCUT2D eigenvalue weighted by Crippen LogP contribution is -2.44. The molecule has 2 saturated heterocycles. The fourth-order valence-electron chi connectivity index (χ4n) is 3.58. The first-order valence-corrected chi connectivity index (χ1v) is 8.65. The molecule has 130 valence electrons. The average Bonchev–Trinajstić information content (AvgIpc) is 3.01. The molecule has 0 bridgehead atoms. The second-order valence-electron chi connectivity index (χ2n) is 6.52. The summed E-state index contributed by atoms with van der Waals surface area (Å²) in [5.41, 5.74) is 1.50. The Labute approximate surface area is 146 Å². The van der Waals surface area contributed by atoms with Crippen molar-refractivity contribution in [3.8, 4) is 5.88 Å². The van der Waals surface area contributed by atoms with E-state index in [2.05, 4.69) is 9.97 Å². The van der Waals surface area contributed by atoms with Crippen molar-refractivity contribution in [1.29, 1.82) is 0 Å². The third kappa shape index (κ3) is 3.22. The Morgan fingerprint density at radius 3 is 2.96 bits per heavy atom. The van der Waals surface area contributed by atoms with Gasteiger partial charge in [0.15, 0.2) is 0 Å². The number of nitrogens with zero attached hydrogens (tertiary/aromatic N) is 3. The van der Waals surface area contributed by atoms with E-state index in [1.54, 1.807) is 12.4 Å². The zero-order valence-corrected chi connectivity index (χ0v) is 14.2. The van der Waals surface area contributed by atoms with E-state index < -0.39 is 0 Å². The van der Waals surface area contributed by atoms with Crippen molar-refractivity contribution in [2.45, 2.75) is 38.0 Å². The summed E-state index contributed by atoms with van der Waals surface area (Å²) in [6, 6.07) is 9.29. The minimum Gasteiger partial charge on any atom is -0.470 e. The lowest BCUT2D eigenvalue weighted by molar-refractivity contribution is -0.0455. The van der Waals surface area contributed by atoms with E-state index in [0.29, 0.717) is 24.6 Å². The third-order valence-corrected chi connectivity index (χ3v) is 4.81. The highest BCUT2D eigenvalue weighted by molar-refractivity contribution is 5.94. The van der Waals surface area contributed by atoms with Crippen LogP contribution < -0.4 is 4.74 Å². The molecule has 0 unspecified atom stereocenters. The monoisotopic (exact) mass is 339 g/mol. The van der Waals surface area contributed by atoms with Crippen molar-refractivity contribution in [1.82, 2.24) is 14.9 Å². The van der Waals surface area contributed by atoms with E-state index in [1.165, 1.54) is 0 Å². The number of pyridine rings is 2. The maximum Gasteiger partial charge on any atom is 0.255 e. The third-order valence-electron chi connectivity index (χ3n) is 4.81. The Hall–Kier alpha value is -2.47. The van der Waals surface area contributed by atoms with Crippen LogP contribution in [0.4, 0.5) is 0 Å². The predicted molar refractivity (Wildman–Crippen MR) is 91.4 cm³/mol. The van der Waals surface area contributed by atoms with Gasteiger partial charge in [-0.15, -0.1) is 0 Å². The molecular formula is C19H21N3O3. The first kappa shape index (κ1) is 16.0. The number of carbonyl (C=O) groups is 1. The maximum atomic E-state index is 13.0. The number of aryl methyl sites for hydroxylation is 1. The molecule has 1 amide bonds. The number of ether oxygens (including phenoxy) is 2. The lowest BCUT2D eigenvalue weighted by atomic mass is 10.0. The number of fused-ring (bicyclic) bond motifs is 1. The molecule has 2 fully saturated rings. The Kier molecular flexibility index (Phi) is 4.36. The second-order valence-corrected chi connectivity index (χ2v) is 6.52. The Balaban J connectivity index is 1.56. The van der Waals surface area contributed by atoms with E-state index in [1.807, 2.05) is 42.2 Å². The molecule has 0 aliphatic carbocycles. The number of hydrogen-bond donors (Lipinski definition) is 0. The van der Waals surface area contributed by atoms with E-state index in [0.717, 1.165) is 18.5 Å². The summed E-state index contributed by atoms with van der Waals surface area (Å²) >= 11 is 0. The molecule has 0 radical (unpaired) electrons. The van der Waals surface area contributed by atoms with Gasteiger partial charge in [0.05, 0.1) is 18.2 Å². The molecule has 0 aromatic carbocycles. The summed E-state index contributed by atoms with van der Waals surface area (Å²) < 4.78 is 12.0. The van der Waals surface area contributed by atoms with E-state index in [4.69, 9.17) is 9.47 Å². The fourth-order valence-corrected chi connectivity index (χ4v) is 3.58. The molecule has 2 aromatic rings. The van der Waals surface area contributed by atoms with Crippen LogP contribution >= 0.6 is 0 Å². The number of amides is 1. The molecule has 4 rings (SSSR count). The summed E-state index contributed by atoms with van der Waals surface area (Å²) in [5, 5.41) is 0. The zero-order chi connectivity index (χ0) is 17.2. The highest BCUT2D eigenvalue weighted by Crippen LogP contribution is 2.32. The molecule has 25 heavy (non-hydrogen) atoms. The molecule has 3 atom stereocenters. The minimum absolute atomic E-state index is 0.0138. The number of rotatable bonds is 3. The summed E-state index contributed by atoms with van der Waals surface area (Å²) in [7, 11) is 0. The van der Waals surface area contributed by atoms with Crippen LogP contribution in [0.25, 0.3) is 0 Å². The van der Waals surface area contributed by atoms with Crippen LogP contribution in [0.5, 0.6) is 5.88 Å². The van der Waals surface area contributed by atoms with Gasteiger partial charge in [-0.2, -0.15) is 0 Å². The van der Waals surface area contributed by atoms with Gasteiger partial charge < -0.3 is 14.4 Å². The minimum atomic E-state index is -0.206. The fraction of sp³-hybridized carbons (Fsp3) is 0.421. The number of hydrogen-bond acceptors (Lipinski definition) is 5. The van der Waals surface area contributed by atoms with Crippen molar-refractivity contribution in [3.63, 3.8) is 0 Å². The summed E-state index contributed by atoms with van der Waals surface area (Å²) in [4.78, 5) is 23.3. The highest BCUT2D eigenvalue weighted by Gasteiger charge is 2.47. The normalized spacial score (nSPS) is 25.5. The predicted octanol–water partition coefficient (Wildman–Crippen LogP) is 2.24. The number of likely N-dealkylation sites (tertiary alicyclic amines) is 1. The Morgan fingerprint density at radius 2 is 2.20 bits per heavy atom. The molecule has 6 heteroatoms. The van der Waals surface area contributed by atoms with E-state index in [9.17, 15) is 4.79 Å². The van der Waals surface area contributed by atoms with Gasteiger partial charge in [0, 0.05) is 30.8 Å². The van der Waals surface area contributed by atoms with Crippen LogP contribution in [0.2, 0.25) is 0 Å². The van der Waals surface area contributed by atoms with Crippen LogP contribution in [-0.4, -0.2) is 52.2 Å². The summed E-state index contributed by atoms with van der Waals surface area (Å²) in [6.45, 7) is 3.11. The molecule has 2 aliphatic rings. The van der Waals surface area contributed by atoms with E-state index in [-0.39, 0.29) is 24.2 Å². The van der Waals surface area contributed by atoms with Crippen LogP contribution in [0.3, 0.4) is 0 Å². The van der Waals surface area contributed by atoms with Crippen LogP contribution in [-0.2, 0) is 4.74 Å². The Bertz CT molecular complexity index is 735. The molecule has 0 saturated carbocycles.